The van der Waals surface area contributed by atoms with Crippen molar-refractivity contribution in [2.75, 3.05) is 5.32 Å². The maximum absolute atomic E-state index is 12.9. The molecular weight excluding hydrogens is 406 g/mol. The van der Waals surface area contributed by atoms with Gasteiger partial charge >= 0.3 is 0 Å². The van der Waals surface area contributed by atoms with Gasteiger partial charge in [0.25, 0.3) is 5.91 Å². The molecule has 1 aliphatic rings. The Hall–Kier alpha value is -3.95. The van der Waals surface area contributed by atoms with E-state index in [1.807, 2.05) is 31.5 Å². The van der Waals surface area contributed by atoms with E-state index >= 15 is 0 Å². The summed E-state index contributed by atoms with van der Waals surface area (Å²) in [4.78, 5) is 26.2. The minimum Gasteiger partial charge on any atom is -0.306 e. The molecule has 0 radical (unpaired) electrons. The van der Waals surface area contributed by atoms with E-state index < -0.39 is 0 Å². The summed E-state index contributed by atoms with van der Waals surface area (Å²) in [6.45, 7) is 5.97. The van der Waals surface area contributed by atoms with Crippen molar-refractivity contribution in [3.8, 4) is 11.5 Å². The van der Waals surface area contributed by atoms with Crippen LogP contribution in [0.1, 0.15) is 66.1 Å². The molecule has 32 heavy (non-hydrogen) atoms. The fourth-order valence-corrected chi connectivity index (χ4v) is 3.48. The van der Waals surface area contributed by atoms with Gasteiger partial charge in [0.05, 0.1) is 17.7 Å². The Morgan fingerprint density at radius 2 is 2.06 bits per heavy atom. The highest BCUT2D eigenvalue weighted by Gasteiger charge is 2.26. The van der Waals surface area contributed by atoms with E-state index in [1.165, 1.54) is 12.8 Å². The maximum Gasteiger partial charge on any atom is 0.275 e. The van der Waals surface area contributed by atoms with Crippen LogP contribution in [0.15, 0.2) is 43.0 Å². The van der Waals surface area contributed by atoms with Crippen molar-refractivity contribution >= 4 is 11.7 Å². The van der Waals surface area contributed by atoms with Gasteiger partial charge in [-0.1, -0.05) is 19.9 Å². The molecule has 1 aliphatic carbocycles. The van der Waals surface area contributed by atoms with Gasteiger partial charge in [-0.2, -0.15) is 4.68 Å². The zero-order chi connectivity index (χ0) is 22.2. The highest BCUT2D eigenvalue weighted by molar-refractivity contribution is 6.02. The molecule has 1 N–H and O–H groups in total. The van der Waals surface area contributed by atoms with Gasteiger partial charge in [-0.3, -0.25) is 9.78 Å². The van der Waals surface area contributed by atoms with Gasteiger partial charge in [0, 0.05) is 24.2 Å². The maximum atomic E-state index is 12.9. The largest absolute Gasteiger partial charge is 0.306 e. The van der Waals surface area contributed by atoms with Crippen LogP contribution in [0.5, 0.6) is 0 Å². The first-order chi connectivity index (χ1) is 15.5. The lowest BCUT2D eigenvalue weighted by molar-refractivity contribution is 0.102. The van der Waals surface area contributed by atoms with Crippen LogP contribution in [-0.2, 0) is 0 Å². The summed E-state index contributed by atoms with van der Waals surface area (Å²) < 4.78 is 3.52. The van der Waals surface area contributed by atoms with Crippen molar-refractivity contribution < 1.29 is 4.79 Å². The van der Waals surface area contributed by atoms with E-state index in [0.717, 1.165) is 16.9 Å². The van der Waals surface area contributed by atoms with Gasteiger partial charge in [-0.15, -0.1) is 5.10 Å². The van der Waals surface area contributed by atoms with Crippen LogP contribution >= 0.6 is 0 Å². The van der Waals surface area contributed by atoms with Crippen LogP contribution in [0.2, 0.25) is 0 Å². The number of hydrogen-bond acceptors (Lipinski definition) is 7. The Bertz CT molecular complexity index is 1290. The van der Waals surface area contributed by atoms with Crippen molar-refractivity contribution in [1.82, 2.24) is 39.7 Å². The molecule has 0 saturated heterocycles. The Kier molecular flexibility index (Phi) is 4.96. The summed E-state index contributed by atoms with van der Waals surface area (Å²) in [6, 6.07) is 7.07. The zero-order valence-corrected chi connectivity index (χ0v) is 18.1. The zero-order valence-electron chi connectivity index (χ0n) is 18.1. The van der Waals surface area contributed by atoms with Gasteiger partial charge in [-0.05, 0) is 54.0 Å². The summed E-state index contributed by atoms with van der Waals surface area (Å²) in [5.74, 6) is 1.95. The molecule has 4 aromatic rings. The van der Waals surface area contributed by atoms with Crippen LogP contribution in [0.25, 0.3) is 11.5 Å². The average molecular weight is 429 g/mol. The fourth-order valence-electron chi connectivity index (χ4n) is 3.48. The molecule has 162 valence electrons. The minimum atomic E-state index is -0.348. The molecular formula is C22H23N9O. The topological polar surface area (TPSA) is 116 Å². The van der Waals surface area contributed by atoms with Gasteiger partial charge in [0.15, 0.2) is 11.6 Å². The highest BCUT2D eigenvalue weighted by atomic mass is 16.1. The number of rotatable bonds is 6. The van der Waals surface area contributed by atoms with Crippen molar-refractivity contribution in [3.05, 3.63) is 65.8 Å². The number of nitrogens with zero attached hydrogens (tertiary/aromatic N) is 8. The van der Waals surface area contributed by atoms with E-state index in [0.29, 0.717) is 29.1 Å². The lowest BCUT2D eigenvalue weighted by Gasteiger charge is -2.10. The van der Waals surface area contributed by atoms with E-state index in [4.69, 9.17) is 0 Å². The van der Waals surface area contributed by atoms with Crippen LogP contribution in [0.3, 0.4) is 0 Å². The number of aromatic nitrogens is 8. The number of anilines is 1. The number of imidazole rings is 1. The predicted octanol–water partition coefficient (Wildman–Crippen LogP) is 3.20. The first-order valence-corrected chi connectivity index (χ1v) is 10.6. The Morgan fingerprint density at radius 1 is 1.22 bits per heavy atom. The summed E-state index contributed by atoms with van der Waals surface area (Å²) in [5, 5.41) is 14.6. The third-order valence-corrected chi connectivity index (χ3v) is 5.39. The molecule has 0 spiro atoms. The molecule has 0 unspecified atom stereocenters. The molecule has 1 fully saturated rings. The van der Waals surface area contributed by atoms with Crippen LogP contribution in [0.4, 0.5) is 5.82 Å². The molecule has 4 aromatic heterocycles. The Labute approximate surface area is 184 Å². The lowest BCUT2D eigenvalue weighted by Crippen LogP contribution is -2.16. The second-order valence-corrected chi connectivity index (χ2v) is 8.27. The Balaban J connectivity index is 1.39. The standard InChI is InChI=1S/C22H23N9O/c1-13(2)21-27-28-29-31(21)20-6-4-5-19(25-20)26-22(32)16-9-18(14(3)10-23-16)30-11-17(24-12-30)15-7-8-15/h4-6,9-13,15H,7-8H2,1-3H3,(H,25,26,32). The number of amides is 1. The molecule has 0 bridgehead atoms. The monoisotopic (exact) mass is 429 g/mol. The van der Waals surface area contributed by atoms with E-state index in [9.17, 15) is 4.79 Å². The number of nitrogens with one attached hydrogen (secondary N) is 1. The molecule has 0 aliphatic heterocycles. The fraction of sp³-hybridized carbons (Fsp3) is 0.318. The minimum absolute atomic E-state index is 0.129. The molecule has 0 atom stereocenters. The number of tetrazole rings is 1. The molecule has 4 heterocycles. The number of hydrogen-bond donors (Lipinski definition) is 1. The normalized spacial score (nSPS) is 13.5. The van der Waals surface area contributed by atoms with Crippen LogP contribution < -0.4 is 5.32 Å². The van der Waals surface area contributed by atoms with Crippen molar-refractivity contribution in [2.45, 2.75) is 45.4 Å². The van der Waals surface area contributed by atoms with E-state index in [-0.39, 0.29) is 11.8 Å². The van der Waals surface area contributed by atoms with Crippen molar-refractivity contribution in [2.24, 2.45) is 0 Å². The Morgan fingerprint density at radius 3 is 2.84 bits per heavy atom. The number of carbonyl (C=O) groups excluding carboxylic acids is 1. The quantitative estimate of drug-likeness (QED) is 0.500. The molecule has 10 nitrogen and oxygen atoms in total. The van der Waals surface area contributed by atoms with Gasteiger partial charge in [-0.25, -0.2) is 9.97 Å². The first kappa shape index (κ1) is 20.0. The van der Waals surface area contributed by atoms with Crippen LogP contribution in [0, 0.1) is 6.92 Å². The summed E-state index contributed by atoms with van der Waals surface area (Å²) in [6.07, 6.45) is 7.90. The van der Waals surface area contributed by atoms with Crippen LogP contribution in [-0.4, -0.2) is 45.6 Å². The first-order valence-electron chi connectivity index (χ1n) is 10.6. The predicted molar refractivity (Wildman–Crippen MR) is 117 cm³/mol. The number of pyridine rings is 2. The third kappa shape index (κ3) is 3.86. The smallest absolute Gasteiger partial charge is 0.275 e. The van der Waals surface area contributed by atoms with Gasteiger partial charge in [0.2, 0.25) is 0 Å². The molecule has 10 heteroatoms. The van der Waals surface area contributed by atoms with Crippen molar-refractivity contribution in [1.29, 1.82) is 0 Å². The SMILES string of the molecule is Cc1cnc(C(=O)Nc2cccc(-n3nnnc3C(C)C)n2)cc1-n1cnc(C2CC2)c1. The average Bonchev–Trinajstić information content (AvgIpc) is 3.31. The third-order valence-electron chi connectivity index (χ3n) is 5.39. The lowest BCUT2D eigenvalue weighted by atomic mass is 10.2. The second-order valence-electron chi connectivity index (χ2n) is 8.27. The molecule has 0 aromatic carbocycles. The van der Waals surface area contributed by atoms with Gasteiger partial charge < -0.3 is 9.88 Å². The summed E-state index contributed by atoms with van der Waals surface area (Å²) in [5.41, 5.74) is 3.23. The number of aryl methyl sites for hydroxylation is 1. The molecule has 1 amide bonds. The number of carbonyl (C=O) groups is 1. The summed E-state index contributed by atoms with van der Waals surface area (Å²) in [7, 11) is 0. The van der Waals surface area contributed by atoms with E-state index in [1.54, 1.807) is 41.5 Å². The summed E-state index contributed by atoms with van der Waals surface area (Å²) >= 11 is 0. The molecule has 5 rings (SSSR count). The van der Waals surface area contributed by atoms with Crippen molar-refractivity contribution in [3.63, 3.8) is 0 Å². The molecule has 1 saturated carbocycles. The second kappa shape index (κ2) is 7.95. The van der Waals surface area contributed by atoms with E-state index in [2.05, 4.69) is 35.8 Å². The highest BCUT2D eigenvalue weighted by Crippen LogP contribution is 2.39. The van der Waals surface area contributed by atoms with Gasteiger partial charge in [0.1, 0.15) is 11.5 Å².